The number of ether oxygens (including phenoxy) is 1. The molecule has 5 aromatic rings. The van der Waals surface area contributed by atoms with Gasteiger partial charge in [-0.05, 0) is 32.3 Å². The van der Waals surface area contributed by atoms with Gasteiger partial charge < -0.3 is 19.4 Å². The number of aromatic nitrogens is 4. The van der Waals surface area contributed by atoms with E-state index in [0.29, 0.717) is 24.0 Å². The zero-order chi connectivity index (χ0) is 21.9. The number of para-hydroxylation sites is 1. The van der Waals surface area contributed by atoms with Crippen molar-refractivity contribution in [2.75, 3.05) is 32.6 Å². The zero-order valence-electron chi connectivity index (χ0n) is 17.8. The average molecular weight is 426 g/mol. The van der Waals surface area contributed by atoms with Gasteiger partial charge in [0.05, 0.1) is 34.8 Å². The van der Waals surface area contributed by atoms with Crippen LogP contribution in [-0.2, 0) is 0 Å². The van der Waals surface area contributed by atoms with Crippen molar-refractivity contribution in [3.8, 4) is 17.3 Å². The van der Waals surface area contributed by atoms with Crippen molar-refractivity contribution in [3.05, 3.63) is 67.4 Å². The highest BCUT2D eigenvalue weighted by Gasteiger charge is 2.18. The van der Waals surface area contributed by atoms with Crippen LogP contribution < -0.4 is 10.1 Å². The maximum absolute atomic E-state index is 6.12. The second-order valence-electron chi connectivity index (χ2n) is 7.63. The molecule has 0 amide bonds. The van der Waals surface area contributed by atoms with Crippen molar-refractivity contribution in [1.29, 1.82) is 0 Å². The van der Waals surface area contributed by atoms with Crippen LogP contribution in [0.25, 0.3) is 33.2 Å². The topological polar surface area (TPSA) is 89.2 Å². The summed E-state index contributed by atoms with van der Waals surface area (Å²) in [5.41, 5.74) is 4.01. The summed E-state index contributed by atoms with van der Waals surface area (Å²) in [7, 11) is 3.98. The molecule has 8 nitrogen and oxygen atoms in total. The predicted molar refractivity (Wildman–Crippen MR) is 124 cm³/mol. The van der Waals surface area contributed by atoms with E-state index in [-0.39, 0.29) is 0 Å². The highest BCUT2D eigenvalue weighted by atomic mass is 16.5. The predicted octanol–water partition coefficient (Wildman–Crippen LogP) is 4.52. The summed E-state index contributed by atoms with van der Waals surface area (Å²) in [6, 6.07) is 12.3. The molecule has 1 aromatic carbocycles. The molecule has 4 aromatic heterocycles. The summed E-state index contributed by atoms with van der Waals surface area (Å²) in [4.78, 5) is 19.5. The minimum atomic E-state index is 0.335. The first-order chi connectivity index (χ1) is 15.7. The van der Waals surface area contributed by atoms with E-state index in [1.165, 1.54) is 0 Å². The van der Waals surface area contributed by atoms with Gasteiger partial charge in [-0.2, -0.15) is 0 Å². The summed E-state index contributed by atoms with van der Waals surface area (Å²) in [6.07, 6.45) is 8.65. The first-order valence-electron chi connectivity index (χ1n) is 10.3. The second-order valence-corrected chi connectivity index (χ2v) is 7.63. The van der Waals surface area contributed by atoms with Crippen LogP contribution in [0, 0.1) is 0 Å². The number of hydrogen-bond acceptors (Lipinski definition) is 8. The molecule has 0 atom stereocenters. The highest BCUT2D eigenvalue weighted by molar-refractivity contribution is 6.00. The van der Waals surface area contributed by atoms with Gasteiger partial charge >= 0.3 is 6.01 Å². The largest absolute Gasteiger partial charge is 0.462 e. The number of anilines is 2. The molecule has 160 valence electrons. The number of rotatable bonds is 7. The normalized spacial score (nSPS) is 11.3. The number of hydrogen-bond donors (Lipinski definition) is 1. The Morgan fingerprint density at radius 2 is 1.84 bits per heavy atom. The smallest absolute Gasteiger partial charge is 0.316 e. The van der Waals surface area contributed by atoms with Crippen LogP contribution in [0.5, 0.6) is 6.01 Å². The minimum absolute atomic E-state index is 0.335. The molecule has 0 saturated carbocycles. The lowest BCUT2D eigenvalue weighted by Gasteiger charge is -2.10. The molecule has 0 radical (unpaired) electrons. The first kappa shape index (κ1) is 19.9. The number of nitrogens with zero attached hydrogens (tertiary/aromatic N) is 5. The van der Waals surface area contributed by atoms with Crippen LogP contribution in [0.2, 0.25) is 0 Å². The van der Waals surface area contributed by atoms with Crippen molar-refractivity contribution in [2.45, 2.75) is 0 Å². The first-order valence-corrected chi connectivity index (χ1v) is 10.3. The Hall–Kier alpha value is -4.04. The number of fused-ring (bicyclic) bond motifs is 2. The van der Waals surface area contributed by atoms with Crippen molar-refractivity contribution in [2.24, 2.45) is 0 Å². The molecule has 0 aliphatic heterocycles. The van der Waals surface area contributed by atoms with E-state index in [9.17, 15) is 0 Å². The summed E-state index contributed by atoms with van der Waals surface area (Å²) in [5, 5.41) is 5.43. The number of likely N-dealkylation sites (N-methyl/N-ethyl adjacent to an activating group) is 1. The van der Waals surface area contributed by atoms with Gasteiger partial charge in [-0.3, -0.25) is 9.97 Å². The van der Waals surface area contributed by atoms with E-state index in [4.69, 9.17) is 9.15 Å². The van der Waals surface area contributed by atoms with Crippen molar-refractivity contribution in [3.63, 3.8) is 0 Å². The Balaban J connectivity index is 1.49. The third kappa shape index (κ3) is 4.08. The van der Waals surface area contributed by atoms with Gasteiger partial charge in [0.25, 0.3) is 0 Å². The maximum atomic E-state index is 6.12. The molecule has 32 heavy (non-hydrogen) atoms. The van der Waals surface area contributed by atoms with Crippen LogP contribution in [0.1, 0.15) is 0 Å². The summed E-state index contributed by atoms with van der Waals surface area (Å²) < 4.78 is 11.7. The second kappa shape index (κ2) is 8.60. The number of furan rings is 1. The third-order valence-electron chi connectivity index (χ3n) is 5.01. The van der Waals surface area contributed by atoms with Gasteiger partial charge in [-0.1, -0.05) is 18.2 Å². The molecule has 0 spiro atoms. The lowest BCUT2D eigenvalue weighted by atomic mass is 10.1. The summed E-state index contributed by atoms with van der Waals surface area (Å²) >= 11 is 0. The van der Waals surface area contributed by atoms with E-state index >= 15 is 0 Å². The van der Waals surface area contributed by atoms with E-state index < -0.39 is 0 Å². The fourth-order valence-electron chi connectivity index (χ4n) is 3.39. The number of benzene rings is 1. The van der Waals surface area contributed by atoms with Crippen LogP contribution >= 0.6 is 0 Å². The Bertz CT molecular complexity index is 1360. The molecule has 8 heteroatoms. The van der Waals surface area contributed by atoms with Gasteiger partial charge in [0, 0.05) is 35.9 Å². The third-order valence-corrected chi connectivity index (χ3v) is 5.01. The van der Waals surface area contributed by atoms with Crippen LogP contribution in [0.4, 0.5) is 11.4 Å². The summed E-state index contributed by atoms with van der Waals surface area (Å²) in [6.45, 7) is 1.31. The van der Waals surface area contributed by atoms with Crippen molar-refractivity contribution < 1.29 is 9.15 Å². The lowest BCUT2D eigenvalue weighted by molar-refractivity contribution is 0.245. The molecule has 0 saturated heterocycles. The highest BCUT2D eigenvalue weighted by Crippen LogP contribution is 2.39. The SMILES string of the molecule is CN(C)CCOc1ncc(-c2oc3cnccc3c2Nc2cnc3ccccc3c2)cn1. The summed E-state index contributed by atoms with van der Waals surface area (Å²) in [5.74, 6) is 0.626. The van der Waals surface area contributed by atoms with Crippen molar-refractivity contribution in [1.82, 2.24) is 24.8 Å². The fourth-order valence-corrected chi connectivity index (χ4v) is 3.39. The Labute approximate surface area is 184 Å². The average Bonchev–Trinajstić information content (AvgIpc) is 3.17. The van der Waals surface area contributed by atoms with E-state index in [0.717, 1.165) is 39.8 Å². The Kier molecular flexibility index (Phi) is 5.35. The van der Waals surface area contributed by atoms with Gasteiger partial charge in [0.1, 0.15) is 6.61 Å². The molecular formula is C24H22N6O2. The van der Waals surface area contributed by atoms with Gasteiger partial charge in [-0.15, -0.1) is 0 Å². The molecule has 4 heterocycles. The molecular weight excluding hydrogens is 404 g/mol. The Morgan fingerprint density at radius 3 is 2.69 bits per heavy atom. The molecule has 1 N–H and O–H groups in total. The number of pyridine rings is 2. The standard InChI is InChI=1S/C24H22N6O2/c1-30(2)9-10-31-24-27-12-17(13-28-24)23-22(19-7-8-25-15-21(19)32-23)29-18-11-16-5-3-4-6-20(16)26-14-18/h3-8,11-15,29H,9-10H2,1-2H3. The van der Waals surface area contributed by atoms with Gasteiger partial charge in [-0.25, -0.2) is 9.97 Å². The lowest BCUT2D eigenvalue weighted by Crippen LogP contribution is -2.19. The van der Waals surface area contributed by atoms with Crippen LogP contribution in [-0.4, -0.2) is 52.1 Å². The monoisotopic (exact) mass is 426 g/mol. The Morgan fingerprint density at radius 1 is 1.00 bits per heavy atom. The molecule has 0 aliphatic rings. The van der Waals surface area contributed by atoms with Crippen molar-refractivity contribution >= 4 is 33.2 Å². The van der Waals surface area contributed by atoms with Gasteiger partial charge in [0.15, 0.2) is 11.3 Å². The molecule has 0 unspecified atom stereocenters. The number of nitrogens with one attached hydrogen (secondary N) is 1. The molecule has 0 aliphatic carbocycles. The van der Waals surface area contributed by atoms with E-state index in [1.807, 2.05) is 55.5 Å². The van der Waals surface area contributed by atoms with Crippen LogP contribution in [0.15, 0.2) is 71.8 Å². The van der Waals surface area contributed by atoms with Gasteiger partial charge in [0.2, 0.25) is 0 Å². The maximum Gasteiger partial charge on any atom is 0.316 e. The van der Waals surface area contributed by atoms with E-state index in [2.05, 4.69) is 31.3 Å². The minimum Gasteiger partial charge on any atom is -0.462 e. The zero-order valence-corrected chi connectivity index (χ0v) is 17.8. The molecule has 5 rings (SSSR count). The molecule has 0 bridgehead atoms. The molecule has 0 fully saturated rings. The fraction of sp³-hybridized carbons (Fsp3) is 0.167. The van der Waals surface area contributed by atoms with E-state index in [1.54, 1.807) is 24.8 Å². The quantitative estimate of drug-likeness (QED) is 0.406. The van der Waals surface area contributed by atoms with Crippen LogP contribution in [0.3, 0.4) is 0 Å².